The lowest BCUT2D eigenvalue weighted by Gasteiger charge is -2.08. The summed E-state index contributed by atoms with van der Waals surface area (Å²) < 4.78 is 40.0. The Labute approximate surface area is 90.4 Å². The molecule has 0 atom stereocenters. The lowest BCUT2D eigenvalue weighted by atomic mass is 10.2. The predicted octanol–water partition coefficient (Wildman–Crippen LogP) is 3.22. The van der Waals surface area contributed by atoms with E-state index in [4.69, 9.17) is 0 Å². The van der Waals surface area contributed by atoms with Gasteiger partial charge in [-0.05, 0) is 34.1 Å². The fourth-order valence-corrected chi connectivity index (χ4v) is 1.56. The maximum Gasteiger partial charge on any atom is 0.573 e. The van der Waals surface area contributed by atoms with Crippen LogP contribution in [0.15, 0.2) is 22.8 Å². The fraction of sp³-hybridized carbons (Fsp3) is 0.125. The van der Waals surface area contributed by atoms with Crippen LogP contribution in [0, 0.1) is 0 Å². The molecule has 1 N–H and O–H groups in total. The molecular formula is C8H4BrF3N2O. The van der Waals surface area contributed by atoms with Crippen molar-refractivity contribution in [3.8, 4) is 5.75 Å². The zero-order valence-corrected chi connectivity index (χ0v) is 8.69. The van der Waals surface area contributed by atoms with E-state index in [0.717, 1.165) is 0 Å². The summed E-state index contributed by atoms with van der Waals surface area (Å²) in [6.07, 6.45) is -4.68. The van der Waals surface area contributed by atoms with Crippen LogP contribution in [-0.4, -0.2) is 16.6 Å². The maximum atomic E-state index is 11.9. The second-order valence-electron chi connectivity index (χ2n) is 2.76. The van der Waals surface area contributed by atoms with Crippen molar-refractivity contribution in [1.29, 1.82) is 0 Å². The van der Waals surface area contributed by atoms with Gasteiger partial charge < -0.3 is 4.74 Å². The molecule has 0 fully saturated rings. The highest BCUT2D eigenvalue weighted by atomic mass is 79.9. The minimum absolute atomic E-state index is 0.267. The summed E-state index contributed by atoms with van der Waals surface area (Å²) in [5, 5.41) is 6.98. The Morgan fingerprint density at radius 2 is 2.07 bits per heavy atom. The minimum atomic E-state index is -4.68. The molecule has 0 aliphatic heterocycles. The van der Waals surface area contributed by atoms with Crippen molar-refractivity contribution in [2.24, 2.45) is 0 Å². The second-order valence-corrected chi connectivity index (χ2v) is 3.56. The maximum absolute atomic E-state index is 11.9. The largest absolute Gasteiger partial charge is 0.573 e. The van der Waals surface area contributed by atoms with E-state index in [0.29, 0.717) is 15.5 Å². The summed E-state index contributed by atoms with van der Waals surface area (Å²) in [6, 6.07) is 3.91. The summed E-state index contributed by atoms with van der Waals surface area (Å²) in [7, 11) is 0. The van der Waals surface area contributed by atoms with Gasteiger partial charge in [-0.3, -0.25) is 5.10 Å². The van der Waals surface area contributed by atoms with Gasteiger partial charge in [0.1, 0.15) is 10.4 Å². The molecule has 0 unspecified atom stereocenters. The third kappa shape index (κ3) is 2.23. The van der Waals surface area contributed by atoms with Gasteiger partial charge in [-0.25, -0.2) is 0 Å². The van der Waals surface area contributed by atoms with E-state index < -0.39 is 6.36 Å². The summed E-state index contributed by atoms with van der Waals surface area (Å²) in [5.74, 6) is -0.267. The fourth-order valence-electron chi connectivity index (χ4n) is 1.16. The molecule has 0 saturated carbocycles. The van der Waals surface area contributed by atoms with Crippen LogP contribution in [-0.2, 0) is 0 Å². The molecule has 2 aromatic rings. The standard InChI is InChI=1S/C8H4BrF3N2O/c9-7-5-3-4(15-8(10,11)12)1-2-6(5)13-14-7/h1-3H,(H,13,14). The van der Waals surface area contributed by atoms with Crippen LogP contribution in [0.3, 0.4) is 0 Å². The number of nitrogens with zero attached hydrogens (tertiary/aromatic N) is 1. The molecule has 0 amide bonds. The number of alkyl halides is 3. The highest BCUT2D eigenvalue weighted by Crippen LogP contribution is 2.28. The molecule has 0 radical (unpaired) electrons. The summed E-state index contributed by atoms with van der Waals surface area (Å²) >= 11 is 3.13. The van der Waals surface area contributed by atoms with E-state index in [1.807, 2.05) is 0 Å². The first-order chi connectivity index (χ1) is 6.96. The molecule has 80 valence electrons. The van der Waals surface area contributed by atoms with Crippen molar-refractivity contribution in [3.63, 3.8) is 0 Å². The summed E-state index contributed by atoms with van der Waals surface area (Å²) in [6.45, 7) is 0. The van der Waals surface area contributed by atoms with Gasteiger partial charge in [-0.2, -0.15) is 5.10 Å². The van der Waals surface area contributed by atoms with E-state index in [9.17, 15) is 13.2 Å². The lowest BCUT2D eigenvalue weighted by Crippen LogP contribution is -2.16. The molecule has 1 aromatic carbocycles. The van der Waals surface area contributed by atoms with Gasteiger partial charge in [0.25, 0.3) is 0 Å². The average Bonchev–Trinajstić information content (AvgIpc) is 2.45. The number of hydrogen-bond acceptors (Lipinski definition) is 2. The van der Waals surface area contributed by atoms with E-state index in [1.54, 1.807) is 0 Å². The van der Waals surface area contributed by atoms with Crippen LogP contribution in [0.4, 0.5) is 13.2 Å². The van der Waals surface area contributed by atoms with Crippen LogP contribution in [0.1, 0.15) is 0 Å². The SMILES string of the molecule is FC(F)(F)Oc1ccc2n[nH]c(Br)c2c1. The topological polar surface area (TPSA) is 37.9 Å². The molecule has 0 aliphatic rings. The minimum Gasteiger partial charge on any atom is -0.406 e. The highest BCUT2D eigenvalue weighted by Gasteiger charge is 2.31. The molecule has 0 bridgehead atoms. The Kier molecular flexibility index (Phi) is 2.34. The normalized spacial score (nSPS) is 12.0. The third-order valence-corrected chi connectivity index (χ3v) is 2.32. The van der Waals surface area contributed by atoms with Gasteiger partial charge >= 0.3 is 6.36 Å². The number of hydrogen-bond donors (Lipinski definition) is 1. The number of halogens is 4. The Morgan fingerprint density at radius 3 is 2.73 bits per heavy atom. The Balaban J connectivity index is 2.42. The summed E-state index contributed by atoms with van der Waals surface area (Å²) in [5.41, 5.74) is 0.566. The number of H-pyrrole nitrogens is 1. The number of nitrogens with one attached hydrogen (secondary N) is 1. The van der Waals surface area contributed by atoms with Crippen molar-refractivity contribution in [1.82, 2.24) is 10.2 Å². The highest BCUT2D eigenvalue weighted by molar-refractivity contribution is 9.10. The van der Waals surface area contributed by atoms with Gasteiger partial charge in [0, 0.05) is 5.39 Å². The van der Waals surface area contributed by atoms with Crippen molar-refractivity contribution >= 4 is 26.8 Å². The quantitative estimate of drug-likeness (QED) is 0.871. The van der Waals surface area contributed by atoms with Gasteiger partial charge in [-0.1, -0.05) is 0 Å². The molecule has 0 saturated heterocycles. The van der Waals surface area contributed by atoms with Crippen molar-refractivity contribution in [2.75, 3.05) is 0 Å². The van der Waals surface area contributed by atoms with E-state index in [2.05, 4.69) is 30.9 Å². The van der Waals surface area contributed by atoms with Crippen molar-refractivity contribution in [3.05, 3.63) is 22.8 Å². The zero-order chi connectivity index (χ0) is 11.1. The zero-order valence-electron chi connectivity index (χ0n) is 7.10. The average molecular weight is 281 g/mol. The van der Waals surface area contributed by atoms with Crippen molar-refractivity contribution in [2.45, 2.75) is 6.36 Å². The van der Waals surface area contributed by atoms with Gasteiger partial charge in [0.15, 0.2) is 0 Å². The van der Waals surface area contributed by atoms with E-state index in [1.165, 1.54) is 18.2 Å². The molecule has 3 nitrogen and oxygen atoms in total. The molecule has 0 spiro atoms. The van der Waals surface area contributed by atoms with Gasteiger partial charge in [0.05, 0.1) is 5.52 Å². The Bertz CT molecular complexity index is 494. The molecule has 7 heteroatoms. The van der Waals surface area contributed by atoms with E-state index >= 15 is 0 Å². The number of ether oxygens (including phenoxy) is 1. The lowest BCUT2D eigenvalue weighted by molar-refractivity contribution is -0.274. The number of benzene rings is 1. The van der Waals surface area contributed by atoms with Gasteiger partial charge in [0.2, 0.25) is 0 Å². The predicted molar refractivity (Wildman–Crippen MR) is 50.5 cm³/mol. The third-order valence-electron chi connectivity index (χ3n) is 1.71. The number of fused-ring (bicyclic) bond motifs is 1. The van der Waals surface area contributed by atoms with Crippen LogP contribution < -0.4 is 4.74 Å². The Morgan fingerprint density at radius 1 is 1.33 bits per heavy atom. The van der Waals surface area contributed by atoms with Gasteiger partial charge in [-0.15, -0.1) is 13.2 Å². The number of aromatic nitrogens is 2. The first-order valence-corrected chi connectivity index (χ1v) is 4.64. The van der Waals surface area contributed by atoms with Crippen LogP contribution >= 0.6 is 15.9 Å². The van der Waals surface area contributed by atoms with E-state index in [-0.39, 0.29) is 5.75 Å². The number of aromatic amines is 1. The van der Waals surface area contributed by atoms with Crippen LogP contribution in [0.25, 0.3) is 10.9 Å². The monoisotopic (exact) mass is 280 g/mol. The molecule has 1 heterocycles. The number of rotatable bonds is 1. The second kappa shape index (κ2) is 3.41. The molecule has 2 rings (SSSR count). The smallest absolute Gasteiger partial charge is 0.406 e. The summed E-state index contributed by atoms with van der Waals surface area (Å²) in [4.78, 5) is 0. The molecule has 0 aliphatic carbocycles. The van der Waals surface area contributed by atoms with Crippen LogP contribution in [0.2, 0.25) is 0 Å². The van der Waals surface area contributed by atoms with Crippen LogP contribution in [0.5, 0.6) is 5.75 Å². The molecule has 15 heavy (non-hydrogen) atoms. The molecule has 1 aromatic heterocycles. The first kappa shape index (κ1) is 10.3. The Hall–Kier alpha value is -1.24. The molecular weight excluding hydrogens is 277 g/mol. The van der Waals surface area contributed by atoms with Crippen molar-refractivity contribution < 1.29 is 17.9 Å². The first-order valence-electron chi connectivity index (χ1n) is 3.85.